The Labute approximate surface area is 118 Å². The third kappa shape index (κ3) is 3.94. The van der Waals surface area contributed by atoms with Gasteiger partial charge in [0, 0.05) is 30.1 Å². The van der Waals surface area contributed by atoms with E-state index in [1.165, 1.54) is 0 Å². The minimum atomic E-state index is 0.449. The monoisotopic (exact) mass is 276 g/mol. The van der Waals surface area contributed by atoms with Gasteiger partial charge in [-0.1, -0.05) is 36.7 Å². The molecule has 0 amide bonds. The predicted octanol–water partition coefficient (Wildman–Crippen LogP) is 3.42. The first-order chi connectivity index (χ1) is 9.31. The Kier molecular flexibility index (Phi) is 5.19. The maximum atomic E-state index is 6.06. The summed E-state index contributed by atoms with van der Waals surface area (Å²) in [6.07, 6.45) is 3.35. The summed E-state index contributed by atoms with van der Waals surface area (Å²) >= 11 is 6.06. The second-order valence-corrected chi connectivity index (χ2v) is 4.55. The lowest BCUT2D eigenvalue weighted by atomic mass is 10.2. The van der Waals surface area contributed by atoms with Gasteiger partial charge in [-0.3, -0.25) is 4.98 Å². The first-order valence-corrected chi connectivity index (χ1v) is 6.69. The fourth-order valence-corrected chi connectivity index (χ4v) is 1.90. The van der Waals surface area contributed by atoms with Crippen LogP contribution in [0.2, 0.25) is 5.02 Å². The van der Waals surface area contributed by atoms with Crippen molar-refractivity contribution in [2.45, 2.75) is 20.1 Å². The van der Waals surface area contributed by atoms with Gasteiger partial charge >= 0.3 is 0 Å². The van der Waals surface area contributed by atoms with Crippen LogP contribution in [0.15, 0.2) is 42.7 Å². The molecule has 2 aromatic rings. The summed E-state index contributed by atoms with van der Waals surface area (Å²) in [6.45, 7) is 4.27. The van der Waals surface area contributed by atoms with Gasteiger partial charge in [-0.05, 0) is 18.7 Å². The summed E-state index contributed by atoms with van der Waals surface area (Å²) in [5, 5.41) is 3.93. The number of para-hydroxylation sites is 1. The highest BCUT2D eigenvalue weighted by Crippen LogP contribution is 2.21. The van der Waals surface area contributed by atoms with Crippen LogP contribution in [0.1, 0.15) is 18.1 Å². The molecule has 1 aromatic heterocycles. The van der Waals surface area contributed by atoms with Crippen LogP contribution >= 0.6 is 11.6 Å². The minimum absolute atomic E-state index is 0.449. The van der Waals surface area contributed by atoms with Crippen molar-refractivity contribution in [2.24, 2.45) is 0 Å². The topological polar surface area (TPSA) is 34.1 Å². The van der Waals surface area contributed by atoms with E-state index in [9.17, 15) is 0 Å². The van der Waals surface area contributed by atoms with E-state index in [1.54, 1.807) is 12.4 Å². The number of aromatic nitrogens is 1. The van der Waals surface area contributed by atoms with Gasteiger partial charge in [-0.25, -0.2) is 0 Å². The van der Waals surface area contributed by atoms with E-state index in [2.05, 4.69) is 23.3 Å². The van der Waals surface area contributed by atoms with Crippen molar-refractivity contribution in [3.8, 4) is 5.75 Å². The van der Waals surface area contributed by atoms with Crippen LogP contribution in [0.25, 0.3) is 0 Å². The van der Waals surface area contributed by atoms with Crippen molar-refractivity contribution >= 4 is 11.6 Å². The average Bonchev–Trinajstić information content (AvgIpc) is 2.45. The summed E-state index contributed by atoms with van der Waals surface area (Å²) < 4.78 is 5.85. The molecule has 4 heteroatoms. The Bertz CT molecular complexity index is 531. The number of hydrogen-bond donors (Lipinski definition) is 1. The maximum absolute atomic E-state index is 6.06. The Morgan fingerprint density at radius 2 is 2.05 bits per heavy atom. The molecule has 19 heavy (non-hydrogen) atoms. The van der Waals surface area contributed by atoms with E-state index in [1.807, 2.05) is 24.3 Å². The van der Waals surface area contributed by atoms with E-state index in [-0.39, 0.29) is 0 Å². The Morgan fingerprint density at radius 3 is 2.84 bits per heavy atom. The molecule has 1 N–H and O–H groups in total. The standard InChI is InChI=1S/C15H17ClN2O/c1-2-17-9-12-5-3-4-6-15(12)19-11-13-7-8-18-10-14(13)16/h3-8,10,17H,2,9,11H2,1H3. The summed E-state index contributed by atoms with van der Waals surface area (Å²) in [7, 11) is 0. The maximum Gasteiger partial charge on any atom is 0.124 e. The molecule has 0 saturated heterocycles. The summed E-state index contributed by atoms with van der Waals surface area (Å²) in [6, 6.07) is 9.89. The second kappa shape index (κ2) is 7.12. The lowest BCUT2D eigenvalue weighted by molar-refractivity contribution is 0.302. The van der Waals surface area contributed by atoms with Crippen LogP contribution in [0.5, 0.6) is 5.75 Å². The SMILES string of the molecule is CCNCc1ccccc1OCc1ccncc1Cl. The highest BCUT2D eigenvalue weighted by Gasteiger charge is 2.04. The molecular weight excluding hydrogens is 260 g/mol. The van der Waals surface area contributed by atoms with Crippen molar-refractivity contribution in [3.63, 3.8) is 0 Å². The van der Waals surface area contributed by atoms with Crippen LogP contribution < -0.4 is 10.1 Å². The van der Waals surface area contributed by atoms with E-state index in [4.69, 9.17) is 16.3 Å². The van der Waals surface area contributed by atoms with E-state index < -0.39 is 0 Å². The van der Waals surface area contributed by atoms with Gasteiger partial charge in [0.1, 0.15) is 12.4 Å². The van der Waals surface area contributed by atoms with Crippen LogP contribution in [-0.4, -0.2) is 11.5 Å². The smallest absolute Gasteiger partial charge is 0.124 e. The highest BCUT2D eigenvalue weighted by atomic mass is 35.5. The molecule has 0 aliphatic carbocycles. The van der Waals surface area contributed by atoms with Crippen LogP contribution in [0.3, 0.4) is 0 Å². The molecule has 0 spiro atoms. The van der Waals surface area contributed by atoms with Crippen molar-refractivity contribution in [3.05, 3.63) is 58.9 Å². The van der Waals surface area contributed by atoms with Crippen LogP contribution in [0.4, 0.5) is 0 Å². The van der Waals surface area contributed by atoms with Crippen LogP contribution in [0, 0.1) is 0 Å². The normalized spacial score (nSPS) is 10.4. The van der Waals surface area contributed by atoms with E-state index in [0.29, 0.717) is 11.6 Å². The molecule has 0 bridgehead atoms. The number of hydrogen-bond acceptors (Lipinski definition) is 3. The van der Waals surface area contributed by atoms with Gasteiger partial charge in [0.2, 0.25) is 0 Å². The Hall–Kier alpha value is -1.58. The van der Waals surface area contributed by atoms with Gasteiger partial charge in [-0.2, -0.15) is 0 Å². The largest absolute Gasteiger partial charge is 0.489 e. The zero-order valence-corrected chi connectivity index (χ0v) is 11.7. The Balaban J connectivity index is 2.05. The number of nitrogens with one attached hydrogen (secondary N) is 1. The molecule has 0 saturated carbocycles. The molecule has 0 atom stereocenters. The molecular formula is C15H17ClN2O. The number of rotatable bonds is 6. The van der Waals surface area contributed by atoms with Gasteiger partial charge in [0.15, 0.2) is 0 Å². The van der Waals surface area contributed by atoms with Crippen molar-refractivity contribution in [1.82, 2.24) is 10.3 Å². The molecule has 0 fully saturated rings. The fraction of sp³-hybridized carbons (Fsp3) is 0.267. The summed E-state index contributed by atoms with van der Waals surface area (Å²) in [4.78, 5) is 3.96. The second-order valence-electron chi connectivity index (χ2n) is 4.14. The molecule has 2 rings (SSSR count). The number of benzene rings is 1. The molecule has 0 aliphatic rings. The molecule has 0 radical (unpaired) electrons. The predicted molar refractivity (Wildman–Crippen MR) is 77.4 cm³/mol. The minimum Gasteiger partial charge on any atom is -0.489 e. The van der Waals surface area contributed by atoms with Gasteiger partial charge in [0.05, 0.1) is 5.02 Å². The van der Waals surface area contributed by atoms with E-state index in [0.717, 1.165) is 30.0 Å². The zero-order valence-electron chi connectivity index (χ0n) is 10.9. The summed E-state index contributed by atoms with van der Waals surface area (Å²) in [5.41, 5.74) is 2.09. The van der Waals surface area contributed by atoms with E-state index >= 15 is 0 Å². The van der Waals surface area contributed by atoms with Gasteiger partial charge in [0.25, 0.3) is 0 Å². The number of halogens is 1. The first-order valence-electron chi connectivity index (χ1n) is 6.31. The van der Waals surface area contributed by atoms with Gasteiger partial charge in [-0.15, -0.1) is 0 Å². The molecule has 0 aliphatic heterocycles. The third-order valence-corrected chi connectivity index (χ3v) is 3.12. The molecule has 0 unspecified atom stereocenters. The summed E-state index contributed by atoms with van der Waals surface area (Å²) in [5.74, 6) is 0.885. The molecule has 3 nitrogen and oxygen atoms in total. The van der Waals surface area contributed by atoms with Gasteiger partial charge < -0.3 is 10.1 Å². The fourth-order valence-electron chi connectivity index (χ4n) is 1.73. The number of pyridine rings is 1. The zero-order chi connectivity index (χ0) is 13.5. The Morgan fingerprint density at radius 1 is 1.21 bits per heavy atom. The first kappa shape index (κ1) is 13.8. The quantitative estimate of drug-likeness (QED) is 0.878. The third-order valence-electron chi connectivity index (χ3n) is 2.78. The lowest BCUT2D eigenvalue weighted by Crippen LogP contribution is -2.12. The van der Waals surface area contributed by atoms with Crippen molar-refractivity contribution in [2.75, 3.05) is 6.54 Å². The van der Waals surface area contributed by atoms with Crippen molar-refractivity contribution < 1.29 is 4.74 Å². The van der Waals surface area contributed by atoms with Crippen LogP contribution in [-0.2, 0) is 13.2 Å². The number of ether oxygens (including phenoxy) is 1. The van der Waals surface area contributed by atoms with Crippen molar-refractivity contribution in [1.29, 1.82) is 0 Å². The lowest BCUT2D eigenvalue weighted by Gasteiger charge is -2.12. The highest BCUT2D eigenvalue weighted by molar-refractivity contribution is 6.31. The average molecular weight is 277 g/mol. The molecule has 100 valence electrons. The molecule has 1 heterocycles. The molecule has 1 aromatic carbocycles. The number of nitrogens with zero attached hydrogens (tertiary/aromatic N) is 1.